The van der Waals surface area contributed by atoms with Crippen LogP contribution in [0.25, 0.3) is 21.1 Å². The first-order valence-electron chi connectivity index (χ1n) is 8.72. The zero-order chi connectivity index (χ0) is 20.8. The molecule has 1 amide bonds. The zero-order valence-corrected chi connectivity index (χ0v) is 17.5. The number of carbonyl (C=O) groups is 2. The van der Waals surface area contributed by atoms with E-state index in [-0.39, 0.29) is 16.6 Å². The van der Waals surface area contributed by atoms with E-state index in [2.05, 4.69) is 16.0 Å². The number of carbonyl (C=O) groups excluding carboxylic acids is 2. The molecule has 144 valence electrons. The van der Waals surface area contributed by atoms with Gasteiger partial charge in [-0.15, -0.1) is 11.3 Å². The largest absolute Gasteiger partial charge is 0.360 e. The number of nitrogens with one attached hydrogen (secondary N) is 1. The van der Waals surface area contributed by atoms with Gasteiger partial charge in [0, 0.05) is 28.7 Å². The molecule has 4 aromatic rings. The Kier molecular flexibility index (Phi) is 4.47. The van der Waals surface area contributed by atoms with Gasteiger partial charge in [-0.2, -0.15) is 5.26 Å². The third kappa shape index (κ3) is 3.02. The summed E-state index contributed by atoms with van der Waals surface area (Å²) in [5, 5.41) is 9.76. The number of thioether (sulfide) groups is 1. The normalized spacial score (nSPS) is 15.4. The van der Waals surface area contributed by atoms with Crippen LogP contribution in [-0.2, 0) is 4.79 Å². The summed E-state index contributed by atoms with van der Waals surface area (Å²) in [4.78, 5) is 34.9. The van der Waals surface area contributed by atoms with Crippen molar-refractivity contribution in [3.8, 4) is 6.07 Å². The first kappa shape index (κ1) is 18.7. The van der Waals surface area contributed by atoms with E-state index in [1.165, 1.54) is 22.3 Å². The van der Waals surface area contributed by atoms with Crippen molar-refractivity contribution < 1.29 is 9.59 Å². The number of aromatic amines is 1. The molecule has 0 unspecified atom stereocenters. The van der Waals surface area contributed by atoms with Crippen LogP contribution in [0.3, 0.4) is 0 Å². The van der Waals surface area contributed by atoms with Crippen LogP contribution in [0, 0.1) is 11.3 Å². The maximum atomic E-state index is 13.0. The topological polar surface area (TPSA) is 89.8 Å². The van der Waals surface area contributed by atoms with Crippen LogP contribution in [0.1, 0.15) is 15.9 Å². The summed E-state index contributed by atoms with van der Waals surface area (Å²) < 4.78 is 1.32. The molecular weight excluding hydrogens is 436 g/mol. The molecule has 2 aromatic heterocycles. The van der Waals surface area contributed by atoms with Crippen molar-refractivity contribution in [2.45, 2.75) is 0 Å². The van der Waals surface area contributed by atoms with E-state index in [1.807, 2.05) is 12.1 Å². The molecule has 1 N–H and O–H groups in total. The van der Waals surface area contributed by atoms with Gasteiger partial charge >= 0.3 is 0 Å². The number of aromatic nitrogens is 2. The van der Waals surface area contributed by atoms with Gasteiger partial charge in [0.15, 0.2) is 10.1 Å². The van der Waals surface area contributed by atoms with Crippen LogP contribution in [-0.4, -0.2) is 26.0 Å². The first-order valence-corrected chi connectivity index (χ1v) is 10.8. The third-order valence-corrected chi connectivity index (χ3v) is 6.80. The molecule has 0 saturated carbocycles. The number of hydrogen-bond acceptors (Lipinski definition) is 7. The molecule has 0 aliphatic carbocycles. The lowest BCUT2D eigenvalue weighted by Gasteiger charge is -2.14. The highest BCUT2D eigenvalue weighted by molar-refractivity contribution is 8.27. The first-order chi connectivity index (χ1) is 14.5. The van der Waals surface area contributed by atoms with E-state index in [1.54, 1.807) is 36.0 Å². The highest BCUT2D eigenvalue weighted by Crippen LogP contribution is 2.36. The Bertz CT molecular complexity index is 1460. The van der Waals surface area contributed by atoms with Crippen LogP contribution in [0.15, 0.2) is 59.1 Å². The van der Waals surface area contributed by atoms with E-state index < -0.39 is 0 Å². The van der Waals surface area contributed by atoms with Gasteiger partial charge in [0.05, 0.1) is 38.0 Å². The molecule has 0 atom stereocenters. The van der Waals surface area contributed by atoms with E-state index in [9.17, 15) is 9.59 Å². The summed E-state index contributed by atoms with van der Waals surface area (Å²) in [6.07, 6.45) is 2.90. The second kappa shape index (κ2) is 7.18. The van der Waals surface area contributed by atoms with Gasteiger partial charge in [-0.3, -0.25) is 14.5 Å². The summed E-state index contributed by atoms with van der Waals surface area (Å²) in [7, 11) is 0. The minimum Gasteiger partial charge on any atom is -0.360 e. The molecule has 6 nitrogen and oxygen atoms in total. The van der Waals surface area contributed by atoms with Crippen LogP contribution < -0.4 is 4.90 Å². The summed E-state index contributed by atoms with van der Waals surface area (Å²) in [5.41, 5.74) is 4.86. The summed E-state index contributed by atoms with van der Waals surface area (Å²) >= 11 is 7.98. The van der Waals surface area contributed by atoms with Crippen molar-refractivity contribution in [2.75, 3.05) is 4.90 Å². The van der Waals surface area contributed by atoms with E-state index in [0.717, 1.165) is 27.5 Å². The number of nitriles is 1. The molecule has 1 aliphatic heterocycles. The Morgan fingerprint density at radius 1 is 1.27 bits per heavy atom. The minimum absolute atomic E-state index is 0.264. The maximum Gasteiger partial charge on any atom is 0.270 e. The number of nitrogens with zero attached hydrogens (tertiary/aromatic N) is 3. The van der Waals surface area contributed by atoms with Gasteiger partial charge in [-0.25, -0.2) is 4.98 Å². The Hall–Kier alpha value is -3.32. The number of allylic oxidation sites excluding steroid dienone is 1. The van der Waals surface area contributed by atoms with Gasteiger partial charge < -0.3 is 4.98 Å². The predicted octanol–water partition coefficient (Wildman–Crippen LogP) is 4.78. The molecule has 5 rings (SSSR count). The minimum atomic E-state index is -0.334. The number of ketones is 1. The molecule has 0 spiro atoms. The van der Waals surface area contributed by atoms with Gasteiger partial charge in [-0.05, 0) is 36.4 Å². The van der Waals surface area contributed by atoms with Gasteiger partial charge in [-0.1, -0.05) is 24.0 Å². The third-order valence-electron chi connectivity index (χ3n) is 4.71. The predicted molar refractivity (Wildman–Crippen MR) is 123 cm³/mol. The smallest absolute Gasteiger partial charge is 0.270 e. The number of amides is 1. The van der Waals surface area contributed by atoms with Crippen molar-refractivity contribution in [3.63, 3.8) is 0 Å². The summed E-state index contributed by atoms with van der Waals surface area (Å²) in [5.74, 6) is -0.658. The second-order valence-electron chi connectivity index (χ2n) is 6.46. The van der Waals surface area contributed by atoms with E-state index >= 15 is 0 Å². The van der Waals surface area contributed by atoms with Crippen LogP contribution in [0.5, 0.6) is 0 Å². The highest BCUT2D eigenvalue weighted by Gasteiger charge is 2.34. The lowest BCUT2D eigenvalue weighted by Crippen LogP contribution is -2.27. The standard InChI is InChI=1S/C21H10N4O2S3/c22-8-11-1-3-15-13(5-11)14(9-23-15)17(26)7-19-20(27)25(21(28)30-19)12-2-4-16-18(6-12)29-10-24-16/h1-7,9-10,23H/b19-7-. The lowest BCUT2D eigenvalue weighted by atomic mass is 10.1. The van der Waals surface area contributed by atoms with Gasteiger partial charge in [0.2, 0.25) is 0 Å². The fourth-order valence-corrected chi connectivity index (χ4v) is 5.24. The Balaban J connectivity index is 1.49. The Morgan fingerprint density at radius 2 is 2.13 bits per heavy atom. The molecular formula is C21H10N4O2S3. The van der Waals surface area contributed by atoms with Gasteiger partial charge in [0.25, 0.3) is 5.91 Å². The van der Waals surface area contributed by atoms with E-state index in [0.29, 0.717) is 26.5 Å². The number of benzene rings is 2. The van der Waals surface area contributed by atoms with Gasteiger partial charge in [0.1, 0.15) is 0 Å². The number of thiazole rings is 1. The van der Waals surface area contributed by atoms with Crippen LogP contribution in [0.2, 0.25) is 0 Å². The highest BCUT2D eigenvalue weighted by atomic mass is 32.2. The number of anilines is 1. The molecule has 9 heteroatoms. The lowest BCUT2D eigenvalue weighted by molar-refractivity contribution is -0.113. The average molecular weight is 447 g/mol. The fourth-order valence-electron chi connectivity index (χ4n) is 3.26. The maximum absolute atomic E-state index is 13.0. The Morgan fingerprint density at radius 3 is 2.97 bits per heavy atom. The zero-order valence-electron chi connectivity index (χ0n) is 15.1. The quantitative estimate of drug-likeness (QED) is 0.277. The molecule has 0 radical (unpaired) electrons. The van der Waals surface area contributed by atoms with Crippen molar-refractivity contribution in [3.05, 3.63) is 70.2 Å². The fraction of sp³-hybridized carbons (Fsp3) is 0. The summed E-state index contributed by atoms with van der Waals surface area (Å²) in [6, 6.07) is 12.7. The van der Waals surface area contributed by atoms with Crippen LogP contribution in [0.4, 0.5) is 5.69 Å². The summed E-state index contributed by atoms with van der Waals surface area (Å²) in [6.45, 7) is 0. The Labute approximate surface area is 183 Å². The molecule has 1 saturated heterocycles. The number of rotatable bonds is 3. The van der Waals surface area contributed by atoms with E-state index in [4.69, 9.17) is 17.5 Å². The number of fused-ring (bicyclic) bond motifs is 2. The number of thiocarbonyl (C=S) groups is 1. The molecule has 1 aliphatic rings. The molecule has 1 fully saturated rings. The molecule has 3 heterocycles. The molecule has 30 heavy (non-hydrogen) atoms. The number of H-pyrrole nitrogens is 1. The van der Waals surface area contributed by atoms with Crippen LogP contribution >= 0.6 is 35.3 Å². The molecule has 0 bridgehead atoms. The van der Waals surface area contributed by atoms with Crippen molar-refractivity contribution >= 4 is 78.1 Å². The van der Waals surface area contributed by atoms with Crippen molar-refractivity contribution in [1.29, 1.82) is 5.26 Å². The SMILES string of the molecule is N#Cc1ccc2[nH]cc(C(=O)/C=C3\SC(=S)N(c4ccc5ncsc5c4)C3=O)c2c1. The molecule has 2 aromatic carbocycles. The second-order valence-corrected chi connectivity index (χ2v) is 9.02. The number of hydrogen-bond donors (Lipinski definition) is 1. The van der Waals surface area contributed by atoms with Crippen molar-refractivity contribution in [1.82, 2.24) is 9.97 Å². The van der Waals surface area contributed by atoms with Crippen molar-refractivity contribution in [2.24, 2.45) is 0 Å². The monoisotopic (exact) mass is 446 g/mol. The average Bonchev–Trinajstić information content (AvgIpc) is 3.44.